The van der Waals surface area contributed by atoms with Crippen LogP contribution in [0.5, 0.6) is 0 Å². The van der Waals surface area contributed by atoms with Gasteiger partial charge in [-0.1, -0.05) is 24.3 Å². The number of nitrogens with two attached hydrogens (primary N) is 1. The molecule has 4 aromatic rings. The number of carbonyl (C=O) groups is 2. The first-order valence-corrected chi connectivity index (χ1v) is 9.12. The fraction of sp³-hybridized carbons (Fsp3) is 0.0952. The van der Waals surface area contributed by atoms with Gasteiger partial charge < -0.3 is 5.73 Å². The van der Waals surface area contributed by atoms with Gasteiger partial charge >= 0.3 is 5.69 Å². The van der Waals surface area contributed by atoms with E-state index < -0.39 is 35.6 Å². The van der Waals surface area contributed by atoms with Gasteiger partial charge in [-0.2, -0.15) is 0 Å². The minimum Gasteiger partial charge on any atom is -0.364 e. The lowest BCUT2D eigenvalue weighted by atomic mass is 10.1. The molecule has 0 bridgehead atoms. The zero-order valence-corrected chi connectivity index (χ0v) is 16.2. The summed E-state index contributed by atoms with van der Waals surface area (Å²) in [4.78, 5) is 46.2. The third-order valence-corrected chi connectivity index (χ3v) is 4.68. The Labute approximate surface area is 173 Å². The zero-order valence-electron chi connectivity index (χ0n) is 16.2. The Morgan fingerprint density at radius 2 is 1.65 bits per heavy atom. The maximum Gasteiger partial charge on any atom is 0.335 e. The molecule has 0 saturated carbocycles. The average Bonchev–Trinajstić information content (AvgIpc) is 2.99. The number of benzene rings is 2. The SMILES string of the molecule is Cc1nc(C(N)=O)c2c(n1)n(-c1ccccc1F)c(=O)n2CC(=O)c1ccccc1F. The number of carbonyl (C=O) groups excluding carboxylic acids is 2. The van der Waals surface area contributed by atoms with E-state index >= 15 is 0 Å². The van der Waals surface area contributed by atoms with Crippen molar-refractivity contribution in [3.63, 3.8) is 0 Å². The largest absolute Gasteiger partial charge is 0.364 e. The molecule has 0 unspecified atom stereocenters. The second kappa shape index (κ2) is 7.56. The molecule has 0 aliphatic rings. The van der Waals surface area contributed by atoms with E-state index in [0.717, 1.165) is 21.3 Å². The van der Waals surface area contributed by atoms with Gasteiger partial charge in [-0.3, -0.25) is 14.2 Å². The maximum absolute atomic E-state index is 14.5. The first kappa shape index (κ1) is 20.1. The first-order valence-electron chi connectivity index (χ1n) is 9.12. The van der Waals surface area contributed by atoms with Crippen molar-refractivity contribution in [3.05, 3.63) is 87.7 Å². The molecule has 0 saturated heterocycles. The quantitative estimate of drug-likeness (QED) is 0.494. The zero-order chi connectivity index (χ0) is 22.3. The second-order valence-corrected chi connectivity index (χ2v) is 6.71. The van der Waals surface area contributed by atoms with Crippen molar-refractivity contribution in [2.75, 3.05) is 0 Å². The first-order chi connectivity index (χ1) is 14.8. The van der Waals surface area contributed by atoms with Gasteiger partial charge in [0.1, 0.15) is 23.0 Å². The summed E-state index contributed by atoms with van der Waals surface area (Å²) in [5.41, 5.74) is 3.66. The Hall–Kier alpha value is -4.21. The highest BCUT2D eigenvalue weighted by Gasteiger charge is 2.26. The topological polar surface area (TPSA) is 113 Å². The van der Waals surface area contributed by atoms with E-state index in [1.807, 2.05) is 0 Å². The van der Waals surface area contributed by atoms with Crippen molar-refractivity contribution < 1.29 is 18.4 Å². The van der Waals surface area contributed by atoms with Crippen LogP contribution in [-0.2, 0) is 6.54 Å². The van der Waals surface area contributed by atoms with Gasteiger partial charge in [0.05, 0.1) is 17.8 Å². The van der Waals surface area contributed by atoms with Crippen LogP contribution in [0.1, 0.15) is 26.7 Å². The van der Waals surface area contributed by atoms with Crippen LogP contribution in [0.3, 0.4) is 0 Å². The van der Waals surface area contributed by atoms with Crippen molar-refractivity contribution in [2.45, 2.75) is 13.5 Å². The molecule has 4 rings (SSSR count). The monoisotopic (exact) mass is 423 g/mol. The summed E-state index contributed by atoms with van der Waals surface area (Å²) in [5, 5.41) is 0. The number of rotatable bonds is 5. The van der Waals surface area contributed by atoms with Crippen LogP contribution in [0, 0.1) is 18.6 Å². The number of halogens is 2. The van der Waals surface area contributed by atoms with Crippen molar-refractivity contribution in [3.8, 4) is 5.69 Å². The lowest BCUT2D eigenvalue weighted by molar-refractivity contribution is 0.0962. The van der Waals surface area contributed by atoms with Crippen molar-refractivity contribution in [1.82, 2.24) is 19.1 Å². The maximum atomic E-state index is 14.5. The molecule has 0 aliphatic carbocycles. The predicted octanol–water partition coefficient (Wildman–Crippen LogP) is 2.15. The number of aromatic nitrogens is 4. The second-order valence-electron chi connectivity index (χ2n) is 6.71. The summed E-state index contributed by atoms with van der Waals surface area (Å²) < 4.78 is 30.4. The van der Waals surface area contributed by atoms with Crippen molar-refractivity contribution in [1.29, 1.82) is 0 Å². The van der Waals surface area contributed by atoms with Crippen LogP contribution in [0.15, 0.2) is 53.3 Å². The van der Waals surface area contributed by atoms with E-state index in [4.69, 9.17) is 5.73 Å². The van der Waals surface area contributed by atoms with E-state index in [2.05, 4.69) is 9.97 Å². The number of ketones is 1. The third-order valence-electron chi connectivity index (χ3n) is 4.68. The van der Waals surface area contributed by atoms with Crippen LogP contribution in [0.2, 0.25) is 0 Å². The Bertz CT molecular complexity index is 1420. The minimum atomic E-state index is -0.965. The number of fused-ring (bicyclic) bond motifs is 1. The molecule has 0 atom stereocenters. The highest BCUT2D eigenvalue weighted by molar-refractivity contribution is 6.03. The molecule has 2 heterocycles. The fourth-order valence-corrected chi connectivity index (χ4v) is 3.35. The van der Waals surface area contributed by atoms with Gasteiger partial charge in [0, 0.05) is 0 Å². The molecular formula is C21H15F2N5O3. The number of Topliss-reactive ketones (excluding diaryl/α,β-unsaturated/α-hetero) is 1. The number of para-hydroxylation sites is 1. The highest BCUT2D eigenvalue weighted by Crippen LogP contribution is 2.21. The number of aryl methyl sites for hydroxylation is 1. The Kier molecular flexibility index (Phi) is 4.90. The Balaban J connectivity index is 2.03. The molecular weight excluding hydrogens is 408 g/mol. The van der Waals surface area contributed by atoms with E-state index in [1.165, 1.54) is 43.3 Å². The van der Waals surface area contributed by atoms with Gasteiger partial charge in [0.25, 0.3) is 5.91 Å². The van der Waals surface area contributed by atoms with Crippen molar-refractivity contribution in [2.24, 2.45) is 5.73 Å². The number of hydrogen-bond donors (Lipinski definition) is 1. The van der Waals surface area contributed by atoms with Crippen LogP contribution in [-0.4, -0.2) is 30.8 Å². The number of primary amides is 1. The van der Waals surface area contributed by atoms with Crippen LogP contribution in [0.25, 0.3) is 16.9 Å². The molecule has 0 radical (unpaired) electrons. The molecule has 0 fully saturated rings. The predicted molar refractivity (Wildman–Crippen MR) is 107 cm³/mol. The Morgan fingerprint density at radius 1 is 1.00 bits per heavy atom. The normalized spacial score (nSPS) is 11.1. The number of nitrogens with zero attached hydrogens (tertiary/aromatic N) is 4. The van der Waals surface area contributed by atoms with E-state index in [9.17, 15) is 23.2 Å². The van der Waals surface area contributed by atoms with Gasteiger partial charge in [0.2, 0.25) is 0 Å². The fourth-order valence-electron chi connectivity index (χ4n) is 3.35. The summed E-state index contributed by atoms with van der Waals surface area (Å²) >= 11 is 0. The minimum absolute atomic E-state index is 0.0993. The van der Waals surface area contributed by atoms with Crippen molar-refractivity contribution >= 4 is 22.9 Å². The van der Waals surface area contributed by atoms with E-state index in [0.29, 0.717) is 0 Å². The van der Waals surface area contributed by atoms with Crippen LogP contribution in [0.4, 0.5) is 8.78 Å². The van der Waals surface area contributed by atoms with Gasteiger partial charge in [0.15, 0.2) is 17.1 Å². The molecule has 1 amide bonds. The lowest BCUT2D eigenvalue weighted by Crippen LogP contribution is -2.27. The van der Waals surface area contributed by atoms with Gasteiger partial charge in [-0.25, -0.2) is 28.1 Å². The van der Waals surface area contributed by atoms with Gasteiger partial charge in [-0.15, -0.1) is 0 Å². The summed E-state index contributed by atoms with van der Waals surface area (Å²) in [5.74, 6) is -3.07. The molecule has 156 valence electrons. The number of imidazole rings is 1. The standard InChI is InChI=1S/C21H15F2N5O3/c1-11-25-17(19(24)30)18-20(26-11)28(15-9-5-4-8-14(15)23)21(31)27(18)10-16(29)12-6-2-3-7-13(12)22/h2-9H,10H2,1H3,(H2,24,30). The summed E-state index contributed by atoms with van der Waals surface area (Å²) in [6.45, 7) is 0.842. The molecule has 2 aromatic heterocycles. The molecule has 2 N–H and O–H groups in total. The summed E-state index contributed by atoms with van der Waals surface area (Å²) in [6.07, 6.45) is 0. The van der Waals surface area contributed by atoms with E-state index in [1.54, 1.807) is 0 Å². The van der Waals surface area contributed by atoms with Crippen LogP contribution < -0.4 is 11.4 Å². The molecule has 2 aromatic carbocycles. The molecule has 0 aliphatic heterocycles. The molecule has 10 heteroatoms. The number of hydrogen-bond acceptors (Lipinski definition) is 5. The van der Waals surface area contributed by atoms with Crippen LogP contribution >= 0.6 is 0 Å². The van der Waals surface area contributed by atoms with E-state index in [-0.39, 0.29) is 33.9 Å². The van der Waals surface area contributed by atoms with Gasteiger partial charge in [-0.05, 0) is 31.2 Å². The average molecular weight is 423 g/mol. The molecule has 8 nitrogen and oxygen atoms in total. The lowest BCUT2D eigenvalue weighted by Gasteiger charge is -2.06. The third kappa shape index (κ3) is 3.37. The summed E-state index contributed by atoms with van der Waals surface area (Å²) in [6, 6.07) is 10.7. The smallest absolute Gasteiger partial charge is 0.335 e. The molecule has 0 spiro atoms. The highest BCUT2D eigenvalue weighted by atomic mass is 19.1. The molecule has 31 heavy (non-hydrogen) atoms. The Morgan fingerprint density at radius 3 is 2.29 bits per heavy atom. The summed E-state index contributed by atoms with van der Waals surface area (Å²) in [7, 11) is 0. The number of amides is 1.